The van der Waals surface area contributed by atoms with Crippen molar-refractivity contribution in [3.05, 3.63) is 71.0 Å². The SMILES string of the molecule is CCCC/C=C/C(=O)Oc1ccc(C(=O)Oc2ccc(Cl)c(F)c2)cc1. The summed E-state index contributed by atoms with van der Waals surface area (Å²) in [5, 5.41) is -0.0558. The minimum Gasteiger partial charge on any atom is -0.423 e. The Morgan fingerprint density at radius 1 is 1.08 bits per heavy atom. The van der Waals surface area contributed by atoms with Crippen LogP contribution < -0.4 is 9.47 Å². The third kappa shape index (κ3) is 6.01. The molecule has 2 rings (SSSR count). The van der Waals surface area contributed by atoms with Gasteiger partial charge in [-0.3, -0.25) is 0 Å². The largest absolute Gasteiger partial charge is 0.423 e. The summed E-state index contributed by atoms with van der Waals surface area (Å²) in [6.45, 7) is 2.07. The van der Waals surface area contributed by atoms with Crippen LogP contribution in [0.4, 0.5) is 4.39 Å². The fourth-order valence-electron chi connectivity index (χ4n) is 2.02. The Kier molecular flexibility index (Phi) is 7.36. The molecule has 0 aliphatic heterocycles. The summed E-state index contributed by atoms with van der Waals surface area (Å²) in [5.74, 6) is -1.46. The molecule has 26 heavy (non-hydrogen) atoms. The minimum atomic E-state index is -0.675. The number of benzene rings is 2. The monoisotopic (exact) mass is 376 g/mol. The quantitative estimate of drug-likeness (QED) is 0.283. The smallest absolute Gasteiger partial charge is 0.343 e. The minimum absolute atomic E-state index is 0.0459. The summed E-state index contributed by atoms with van der Waals surface area (Å²) in [6.07, 6.45) is 6.04. The number of allylic oxidation sites excluding steroid dienone is 1. The molecule has 6 heteroatoms. The van der Waals surface area contributed by atoms with Crippen molar-refractivity contribution in [2.24, 2.45) is 0 Å². The molecule has 0 saturated heterocycles. The molecule has 0 heterocycles. The molecule has 0 N–H and O–H groups in total. The third-order valence-corrected chi connectivity index (χ3v) is 3.69. The van der Waals surface area contributed by atoms with Gasteiger partial charge in [-0.15, -0.1) is 0 Å². The lowest BCUT2D eigenvalue weighted by Gasteiger charge is -2.06. The van der Waals surface area contributed by atoms with E-state index >= 15 is 0 Å². The number of hydrogen-bond donors (Lipinski definition) is 0. The molecule has 0 atom stereocenters. The van der Waals surface area contributed by atoms with E-state index in [-0.39, 0.29) is 16.3 Å². The first-order chi connectivity index (χ1) is 12.5. The molecule has 0 aliphatic rings. The van der Waals surface area contributed by atoms with Gasteiger partial charge in [0.15, 0.2) is 0 Å². The fourth-order valence-corrected chi connectivity index (χ4v) is 2.13. The fraction of sp³-hybridized carbons (Fsp3) is 0.200. The molecule has 0 fully saturated rings. The predicted molar refractivity (Wildman–Crippen MR) is 97.1 cm³/mol. The van der Waals surface area contributed by atoms with Gasteiger partial charge in [-0.2, -0.15) is 0 Å². The summed E-state index contributed by atoms with van der Waals surface area (Å²) in [4.78, 5) is 23.7. The van der Waals surface area contributed by atoms with E-state index in [1.165, 1.54) is 42.5 Å². The van der Waals surface area contributed by atoms with Crippen molar-refractivity contribution in [3.8, 4) is 11.5 Å². The van der Waals surface area contributed by atoms with Gasteiger partial charge >= 0.3 is 11.9 Å². The van der Waals surface area contributed by atoms with Crippen LogP contribution in [0.2, 0.25) is 5.02 Å². The van der Waals surface area contributed by atoms with Gasteiger partial charge in [-0.25, -0.2) is 14.0 Å². The number of carbonyl (C=O) groups is 2. The number of esters is 2. The highest BCUT2D eigenvalue weighted by Crippen LogP contribution is 2.21. The van der Waals surface area contributed by atoms with E-state index in [1.807, 2.05) is 0 Å². The highest BCUT2D eigenvalue weighted by atomic mass is 35.5. The molecular formula is C20H18ClFO4. The highest BCUT2D eigenvalue weighted by Gasteiger charge is 2.11. The number of rotatable bonds is 7. The normalized spacial score (nSPS) is 10.7. The van der Waals surface area contributed by atoms with Crippen LogP contribution in [0.15, 0.2) is 54.6 Å². The van der Waals surface area contributed by atoms with Crippen LogP contribution in [0.25, 0.3) is 0 Å². The van der Waals surface area contributed by atoms with Gasteiger partial charge in [0, 0.05) is 12.1 Å². The second kappa shape index (κ2) is 9.73. The first kappa shape index (κ1) is 19.7. The average molecular weight is 377 g/mol. The topological polar surface area (TPSA) is 52.6 Å². The van der Waals surface area contributed by atoms with E-state index in [0.717, 1.165) is 25.3 Å². The van der Waals surface area contributed by atoms with Gasteiger partial charge < -0.3 is 9.47 Å². The number of unbranched alkanes of at least 4 members (excludes halogenated alkanes) is 2. The van der Waals surface area contributed by atoms with Crippen LogP contribution in [0, 0.1) is 5.82 Å². The van der Waals surface area contributed by atoms with Gasteiger partial charge in [-0.05, 0) is 42.8 Å². The predicted octanol–water partition coefficient (Wildman–Crippen LogP) is 5.35. The number of halogens is 2. The lowest BCUT2D eigenvalue weighted by Crippen LogP contribution is -2.09. The van der Waals surface area contributed by atoms with Crippen LogP contribution >= 0.6 is 11.6 Å². The van der Waals surface area contributed by atoms with Crippen LogP contribution in [-0.4, -0.2) is 11.9 Å². The molecule has 2 aromatic carbocycles. The lowest BCUT2D eigenvalue weighted by atomic mass is 10.2. The Hall–Kier alpha value is -2.66. The molecule has 136 valence electrons. The highest BCUT2D eigenvalue weighted by molar-refractivity contribution is 6.30. The molecule has 0 amide bonds. The van der Waals surface area contributed by atoms with Crippen molar-refractivity contribution in [1.29, 1.82) is 0 Å². The Labute approximate surface area is 156 Å². The molecule has 0 saturated carbocycles. The Morgan fingerprint density at radius 3 is 2.42 bits per heavy atom. The Morgan fingerprint density at radius 2 is 1.77 bits per heavy atom. The van der Waals surface area contributed by atoms with Crippen molar-refractivity contribution < 1.29 is 23.5 Å². The van der Waals surface area contributed by atoms with E-state index in [2.05, 4.69) is 6.92 Å². The zero-order valence-corrected chi connectivity index (χ0v) is 15.0. The first-order valence-electron chi connectivity index (χ1n) is 8.15. The van der Waals surface area contributed by atoms with Crippen molar-refractivity contribution in [2.75, 3.05) is 0 Å². The van der Waals surface area contributed by atoms with Crippen molar-refractivity contribution in [1.82, 2.24) is 0 Å². The summed E-state index contributed by atoms with van der Waals surface area (Å²) in [6, 6.07) is 9.60. The summed E-state index contributed by atoms with van der Waals surface area (Å²) in [7, 11) is 0. The van der Waals surface area contributed by atoms with E-state index in [0.29, 0.717) is 5.75 Å². The van der Waals surface area contributed by atoms with Gasteiger partial charge in [0.25, 0.3) is 0 Å². The maximum atomic E-state index is 13.4. The molecule has 2 aromatic rings. The van der Waals surface area contributed by atoms with Crippen molar-refractivity contribution >= 4 is 23.5 Å². The molecule has 0 aromatic heterocycles. The number of hydrogen-bond acceptors (Lipinski definition) is 4. The molecule has 0 bridgehead atoms. The second-order valence-electron chi connectivity index (χ2n) is 5.46. The van der Waals surface area contributed by atoms with Gasteiger partial charge in [0.2, 0.25) is 0 Å². The van der Waals surface area contributed by atoms with E-state index in [1.54, 1.807) is 6.08 Å². The molecule has 0 spiro atoms. The van der Waals surface area contributed by atoms with E-state index < -0.39 is 17.8 Å². The van der Waals surface area contributed by atoms with Gasteiger partial charge in [-0.1, -0.05) is 37.4 Å². The molecule has 4 nitrogen and oxygen atoms in total. The molecule has 0 aliphatic carbocycles. The zero-order chi connectivity index (χ0) is 18.9. The summed E-state index contributed by atoms with van der Waals surface area (Å²) < 4.78 is 23.6. The van der Waals surface area contributed by atoms with Gasteiger partial charge in [0.1, 0.15) is 17.3 Å². The maximum Gasteiger partial charge on any atom is 0.343 e. The zero-order valence-electron chi connectivity index (χ0n) is 14.2. The molecule has 0 radical (unpaired) electrons. The second-order valence-corrected chi connectivity index (χ2v) is 5.86. The number of ether oxygens (including phenoxy) is 2. The summed E-state index contributed by atoms with van der Waals surface area (Å²) in [5.41, 5.74) is 0.235. The first-order valence-corrected chi connectivity index (χ1v) is 8.53. The summed E-state index contributed by atoms with van der Waals surface area (Å²) >= 11 is 5.58. The van der Waals surface area contributed by atoms with E-state index in [4.69, 9.17) is 21.1 Å². The van der Waals surface area contributed by atoms with E-state index in [9.17, 15) is 14.0 Å². The number of carbonyl (C=O) groups excluding carboxylic acids is 2. The van der Waals surface area contributed by atoms with Crippen LogP contribution in [0.1, 0.15) is 36.5 Å². The third-order valence-electron chi connectivity index (χ3n) is 3.39. The standard InChI is InChI=1S/C20H18ClFO4/c1-2-3-4-5-6-19(23)25-15-9-7-14(8-10-15)20(24)26-16-11-12-17(21)18(22)13-16/h5-13H,2-4H2,1H3/b6-5+. The van der Waals surface area contributed by atoms with Crippen LogP contribution in [-0.2, 0) is 4.79 Å². The Bertz CT molecular complexity index is 800. The van der Waals surface area contributed by atoms with Crippen LogP contribution in [0.3, 0.4) is 0 Å². The van der Waals surface area contributed by atoms with Crippen molar-refractivity contribution in [3.63, 3.8) is 0 Å². The Balaban J connectivity index is 1.93. The van der Waals surface area contributed by atoms with Gasteiger partial charge in [0.05, 0.1) is 10.6 Å². The van der Waals surface area contributed by atoms with Crippen LogP contribution in [0.5, 0.6) is 11.5 Å². The maximum absolute atomic E-state index is 13.4. The molecule has 0 unspecified atom stereocenters. The molecular weight excluding hydrogens is 359 g/mol. The lowest BCUT2D eigenvalue weighted by molar-refractivity contribution is -0.129. The average Bonchev–Trinajstić information content (AvgIpc) is 2.62. The van der Waals surface area contributed by atoms with Crippen molar-refractivity contribution in [2.45, 2.75) is 26.2 Å².